The molecule has 6 nitrogen and oxygen atoms in total. The number of nitrogens with one attached hydrogen (secondary N) is 1. The van der Waals surface area contributed by atoms with Crippen molar-refractivity contribution in [2.24, 2.45) is 11.3 Å². The van der Waals surface area contributed by atoms with Gasteiger partial charge in [0.15, 0.2) is 5.13 Å². The number of amides is 2. The fourth-order valence-electron chi connectivity index (χ4n) is 3.45. The van der Waals surface area contributed by atoms with Gasteiger partial charge in [0.25, 0.3) is 0 Å². The van der Waals surface area contributed by atoms with E-state index >= 15 is 0 Å². The number of carboxylic acid groups (broad SMARTS) is 1. The number of thioether (sulfide) groups is 1. The molecule has 2 amide bonds. The van der Waals surface area contributed by atoms with E-state index in [1.54, 1.807) is 26.1 Å². The van der Waals surface area contributed by atoms with Gasteiger partial charge in [0.1, 0.15) is 5.82 Å². The SMILES string of the molecule is Cc1cc(N(CC2CCCC2)C(=O)Nc2ncc(SCC(C)(C)C(=O)O)s2)c(F)cc1Br. The Morgan fingerprint density at radius 2 is 2.06 bits per heavy atom. The number of aromatic nitrogens is 1. The van der Waals surface area contributed by atoms with Gasteiger partial charge >= 0.3 is 12.0 Å². The molecule has 3 rings (SSSR count). The Bertz CT molecular complexity index is 993. The van der Waals surface area contributed by atoms with Crippen molar-refractivity contribution in [3.63, 3.8) is 0 Å². The molecule has 0 unspecified atom stereocenters. The molecule has 0 radical (unpaired) electrons. The number of aryl methyl sites for hydroxylation is 1. The van der Waals surface area contributed by atoms with E-state index in [1.165, 1.54) is 34.1 Å². The van der Waals surface area contributed by atoms with Crippen LogP contribution in [0.25, 0.3) is 0 Å². The molecular weight excluding hydrogens is 517 g/mol. The van der Waals surface area contributed by atoms with Gasteiger partial charge in [-0.05, 0) is 57.2 Å². The number of anilines is 2. The zero-order valence-electron chi connectivity index (χ0n) is 18.3. The summed E-state index contributed by atoms with van der Waals surface area (Å²) in [6.07, 6.45) is 5.93. The first-order valence-corrected chi connectivity index (χ1v) is 13.0. The third kappa shape index (κ3) is 6.23. The van der Waals surface area contributed by atoms with E-state index in [0.29, 0.717) is 27.8 Å². The minimum atomic E-state index is -0.868. The van der Waals surface area contributed by atoms with Gasteiger partial charge in [0.2, 0.25) is 0 Å². The lowest BCUT2D eigenvalue weighted by molar-refractivity contribution is -0.145. The maximum Gasteiger partial charge on any atom is 0.328 e. The number of hydrogen-bond donors (Lipinski definition) is 2. The van der Waals surface area contributed by atoms with Crippen LogP contribution in [0.15, 0.2) is 27.0 Å². The Labute approximate surface area is 204 Å². The Morgan fingerprint density at radius 1 is 1.38 bits per heavy atom. The van der Waals surface area contributed by atoms with Crippen molar-refractivity contribution in [1.29, 1.82) is 0 Å². The number of carbonyl (C=O) groups is 2. The van der Waals surface area contributed by atoms with Crippen LogP contribution in [0.2, 0.25) is 0 Å². The summed E-state index contributed by atoms with van der Waals surface area (Å²) in [5.41, 5.74) is 0.233. The summed E-state index contributed by atoms with van der Waals surface area (Å²) < 4.78 is 16.3. The number of benzene rings is 1. The summed E-state index contributed by atoms with van der Waals surface area (Å²) in [6.45, 7) is 5.65. The number of carboxylic acids is 1. The van der Waals surface area contributed by atoms with Crippen molar-refractivity contribution in [1.82, 2.24) is 4.98 Å². The molecular formula is C22H27BrFN3O3S2. The van der Waals surface area contributed by atoms with Crippen LogP contribution < -0.4 is 10.2 Å². The maximum atomic E-state index is 14.8. The molecule has 0 saturated heterocycles. The smallest absolute Gasteiger partial charge is 0.328 e. The topological polar surface area (TPSA) is 82.5 Å². The largest absolute Gasteiger partial charge is 0.481 e. The third-order valence-corrected chi connectivity index (χ3v) is 8.95. The number of carbonyl (C=O) groups excluding carboxylic acids is 1. The van der Waals surface area contributed by atoms with Crippen molar-refractivity contribution < 1.29 is 19.1 Å². The van der Waals surface area contributed by atoms with E-state index in [9.17, 15) is 19.1 Å². The highest BCUT2D eigenvalue weighted by Gasteiger charge is 2.28. The summed E-state index contributed by atoms with van der Waals surface area (Å²) in [5, 5.41) is 12.5. The molecule has 1 aromatic carbocycles. The fraction of sp³-hybridized carbons (Fsp3) is 0.500. The summed E-state index contributed by atoms with van der Waals surface area (Å²) in [7, 11) is 0. The van der Waals surface area contributed by atoms with Gasteiger partial charge in [-0.25, -0.2) is 14.2 Å². The average molecular weight is 545 g/mol. The Balaban J connectivity index is 1.75. The molecule has 1 aliphatic rings. The van der Waals surface area contributed by atoms with Gasteiger partial charge in [-0.2, -0.15) is 0 Å². The van der Waals surface area contributed by atoms with E-state index in [4.69, 9.17) is 0 Å². The third-order valence-electron chi connectivity index (χ3n) is 5.53. The number of nitrogens with zero attached hydrogens (tertiary/aromatic N) is 2. The first kappa shape index (κ1) is 25.0. The van der Waals surface area contributed by atoms with Crippen molar-refractivity contribution >= 4 is 61.8 Å². The highest BCUT2D eigenvalue weighted by atomic mass is 79.9. The number of rotatable bonds is 8. The number of halogens is 2. The van der Waals surface area contributed by atoms with Gasteiger partial charge in [0.05, 0.1) is 21.5 Å². The zero-order valence-corrected chi connectivity index (χ0v) is 21.5. The van der Waals surface area contributed by atoms with Crippen LogP contribution in [0.1, 0.15) is 45.1 Å². The van der Waals surface area contributed by atoms with E-state index in [0.717, 1.165) is 35.5 Å². The second kappa shape index (κ2) is 10.5. The predicted molar refractivity (Wildman–Crippen MR) is 131 cm³/mol. The molecule has 0 bridgehead atoms. The van der Waals surface area contributed by atoms with Crippen LogP contribution >= 0.6 is 39.0 Å². The second-order valence-corrected chi connectivity index (χ2v) is 11.9. The molecule has 0 aliphatic heterocycles. The summed E-state index contributed by atoms with van der Waals surface area (Å²) in [5.74, 6) is -0.598. The molecule has 32 heavy (non-hydrogen) atoms. The fourth-order valence-corrected chi connectivity index (χ4v) is 5.70. The second-order valence-electron chi connectivity index (χ2n) is 8.71. The van der Waals surface area contributed by atoms with E-state index in [-0.39, 0.29) is 5.69 Å². The Morgan fingerprint density at radius 3 is 2.72 bits per heavy atom. The van der Waals surface area contributed by atoms with Crippen molar-refractivity contribution in [3.05, 3.63) is 34.2 Å². The molecule has 174 valence electrons. The highest BCUT2D eigenvalue weighted by Crippen LogP contribution is 2.35. The first-order valence-electron chi connectivity index (χ1n) is 10.4. The van der Waals surface area contributed by atoms with Gasteiger partial charge in [-0.1, -0.05) is 40.1 Å². The molecule has 2 N–H and O–H groups in total. The summed E-state index contributed by atoms with van der Waals surface area (Å²) in [6, 6.07) is 2.65. The van der Waals surface area contributed by atoms with Crippen molar-refractivity contribution in [2.75, 3.05) is 22.5 Å². The standard InChI is InChI=1S/C22H27BrFN3O3S2/c1-13-8-17(16(24)9-15(13)23)27(11-14-6-4-5-7-14)21(30)26-20-25-10-18(32-20)31-12-22(2,3)19(28)29/h8-10,14H,4-7,11-12H2,1-3H3,(H,28,29)(H,25,26,30). The molecule has 1 fully saturated rings. The minimum absolute atomic E-state index is 0.254. The molecule has 0 atom stereocenters. The number of thiazole rings is 1. The van der Waals surface area contributed by atoms with Gasteiger partial charge in [-0.3, -0.25) is 15.0 Å². The lowest BCUT2D eigenvalue weighted by Gasteiger charge is -2.26. The lowest BCUT2D eigenvalue weighted by Crippen LogP contribution is -2.39. The monoisotopic (exact) mass is 543 g/mol. The van der Waals surface area contributed by atoms with E-state index in [1.807, 2.05) is 6.92 Å². The molecule has 0 spiro atoms. The molecule has 2 aromatic rings. The van der Waals surface area contributed by atoms with Crippen LogP contribution in [0.3, 0.4) is 0 Å². The average Bonchev–Trinajstić information content (AvgIpc) is 3.39. The summed E-state index contributed by atoms with van der Waals surface area (Å²) in [4.78, 5) is 30.2. The van der Waals surface area contributed by atoms with Gasteiger partial charge < -0.3 is 5.11 Å². The first-order chi connectivity index (χ1) is 15.1. The minimum Gasteiger partial charge on any atom is -0.481 e. The number of urea groups is 1. The van der Waals surface area contributed by atoms with Crippen LogP contribution in [0.5, 0.6) is 0 Å². The number of aliphatic carboxylic acids is 1. The highest BCUT2D eigenvalue weighted by molar-refractivity contribution is 9.10. The van der Waals surface area contributed by atoms with Crippen LogP contribution in [0, 0.1) is 24.1 Å². The lowest BCUT2D eigenvalue weighted by atomic mass is 9.97. The quantitative estimate of drug-likeness (QED) is 0.358. The number of hydrogen-bond acceptors (Lipinski definition) is 5. The molecule has 1 aromatic heterocycles. The van der Waals surface area contributed by atoms with Gasteiger partial charge in [-0.15, -0.1) is 11.8 Å². The molecule has 1 aliphatic carbocycles. The summed E-state index contributed by atoms with van der Waals surface area (Å²) >= 11 is 6.01. The van der Waals surface area contributed by atoms with E-state index in [2.05, 4.69) is 26.2 Å². The van der Waals surface area contributed by atoms with Crippen molar-refractivity contribution in [3.8, 4) is 0 Å². The predicted octanol–water partition coefficient (Wildman–Crippen LogP) is 6.78. The van der Waals surface area contributed by atoms with Crippen LogP contribution in [0.4, 0.5) is 20.0 Å². The van der Waals surface area contributed by atoms with E-state index < -0.39 is 23.2 Å². The Hall–Kier alpha value is -1.65. The van der Waals surface area contributed by atoms with Crippen LogP contribution in [-0.2, 0) is 4.79 Å². The van der Waals surface area contributed by atoms with Gasteiger partial charge in [0, 0.05) is 16.8 Å². The molecule has 1 saturated carbocycles. The molecule has 10 heteroatoms. The molecule has 1 heterocycles. The maximum absolute atomic E-state index is 14.8. The zero-order chi connectivity index (χ0) is 23.5. The normalized spacial score (nSPS) is 14.5. The van der Waals surface area contributed by atoms with Crippen LogP contribution in [-0.4, -0.2) is 34.4 Å². The van der Waals surface area contributed by atoms with Crippen molar-refractivity contribution in [2.45, 2.75) is 50.7 Å². The Kier molecular flexibility index (Phi) is 8.21.